The summed E-state index contributed by atoms with van der Waals surface area (Å²) in [5, 5.41) is 0. The van der Waals surface area contributed by atoms with Crippen LogP contribution in [0.1, 0.15) is 30.3 Å². The van der Waals surface area contributed by atoms with E-state index in [-0.39, 0.29) is 0 Å². The zero-order valence-corrected chi connectivity index (χ0v) is 13.5. The fourth-order valence-corrected chi connectivity index (χ4v) is 3.27. The van der Waals surface area contributed by atoms with E-state index < -0.39 is 0 Å². The third-order valence-electron chi connectivity index (χ3n) is 4.50. The van der Waals surface area contributed by atoms with Crippen LogP contribution < -0.4 is 4.90 Å². The molecule has 0 bridgehead atoms. The lowest BCUT2D eigenvalue weighted by molar-refractivity contribution is 0.465. The molecule has 0 radical (unpaired) electrons. The number of pyridine rings is 1. The molecule has 1 aliphatic heterocycles. The predicted molar refractivity (Wildman–Crippen MR) is 91.8 cm³/mol. The van der Waals surface area contributed by atoms with Gasteiger partial charge in [0.2, 0.25) is 5.95 Å². The van der Waals surface area contributed by atoms with Crippen molar-refractivity contribution >= 4 is 5.95 Å². The number of piperidine rings is 1. The Kier molecular flexibility index (Phi) is 4.18. The maximum absolute atomic E-state index is 4.62. The zero-order chi connectivity index (χ0) is 16.2. The summed E-state index contributed by atoms with van der Waals surface area (Å²) in [4.78, 5) is 20.0. The van der Waals surface area contributed by atoms with Crippen LogP contribution in [0.5, 0.6) is 0 Å². The van der Waals surface area contributed by atoms with Crippen LogP contribution >= 0.6 is 0 Å². The fourth-order valence-electron chi connectivity index (χ4n) is 3.27. The fraction of sp³-hybridized carbons (Fsp3) is 0.333. The molecule has 0 atom stereocenters. The lowest BCUT2D eigenvalue weighted by atomic mass is 9.96. The molecule has 122 valence electrons. The Balaban J connectivity index is 1.44. The number of rotatable bonds is 4. The van der Waals surface area contributed by atoms with Gasteiger partial charge in [-0.05, 0) is 31.0 Å². The standard InChI is InChI=1S/C18H20N6/c1-2-7-19-16(4-1)14-24-13-10-20-17(24)15-5-11-23(12-6-15)18-21-8-3-9-22-18/h1-4,7-10,13,15H,5-6,11-12,14H2. The second-order valence-electron chi connectivity index (χ2n) is 6.04. The van der Waals surface area contributed by atoms with Gasteiger partial charge in [-0.25, -0.2) is 15.0 Å². The highest BCUT2D eigenvalue weighted by Gasteiger charge is 2.25. The van der Waals surface area contributed by atoms with Crippen molar-refractivity contribution in [3.05, 3.63) is 66.8 Å². The van der Waals surface area contributed by atoms with E-state index in [1.165, 1.54) is 0 Å². The molecule has 0 aromatic carbocycles. The van der Waals surface area contributed by atoms with Crippen molar-refractivity contribution in [3.63, 3.8) is 0 Å². The average Bonchev–Trinajstić information content (AvgIpc) is 3.11. The van der Waals surface area contributed by atoms with Crippen LogP contribution in [0.2, 0.25) is 0 Å². The van der Waals surface area contributed by atoms with Crippen LogP contribution in [0.25, 0.3) is 0 Å². The Labute approximate surface area is 141 Å². The van der Waals surface area contributed by atoms with Crippen molar-refractivity contribution in [3.8, 4) is 0 Å². The van der Waals surface area contributed by atoms with Crippen LogP contribution in [-0.4, -0.2) is 37.6 Å². The highest BCUT2D eigenvalue weighted by atomic mass is 15.2. The smallest absolute Gasteiger partial charge is 0.225 e. The summed E-state index contributed by atoms with van der Waals surface area (Å²) in [5.74, 6) is 2.46. The van der Waals surface area contributed by atoms with Crippen LogP contribution in [0.15, 0.2) is 55.2 Å². The number of aromatic nitrogens is 5. The summed E-state index contributed by atoms with van der Waals surface area (Å²) < 4.78 is 2.22. The van der Waals surface area contributed by atoms with Gasteiger partial charge in [0, 0.05) is 50.0 Å². The Morgan fingerprint density at radius 3 is 2.42 bits per heavy atom. The molecule has 4 heterocycles. The third kappa shape index (κ3) is 3.13. The lowest BCUT2D eigenvalue weighted by Crippen LogP contribution is -2.34. The summed E-state index contributed by atoms with van der Waals surface area (Å²) in [6, 6.07) is 7.88. The van der Waals surface area contributed by atoms with Gasteiger partial charge >= 0.3 is 0 Å². The topological polar surface area (TPSA) is 59.7 Å². The molecule has 3 aromatic rings. The van der Waals surface area contributed by atoms with Gasteiger partial charge < -0.3 is 9.47 Å². The van der Waals surface area contributed by atoms with Crippen molar-refractivity contribution in [2.24, 2.45) is 0 Å². The first-order chi connectivity index (χ1) is 11.9. The van der Waals surface area contributed by atoms with E-state index in [9.17, 15) is 0 Å². The monoisotopic (exact) mass is 320 g/mol. The van der Waals surface area contributed by atoms with Gasteiger partial charge in [-0.3, -0.25) is 4.98 Å². The summed E-state index contributed by atoms with van der Waals surface area (Å²) in [7, 11) is 0. The molecule has 0 spiro atoms. The Bertz CT molecular complexity index is 762. The van der Waals surface area contributed by atoms with E-state index in [1.54, 1.807) is 12.4 Å². The van der Waals surface area contributed by atoms with Crippen molar-refractivity contribution in [2.45, 2.75) is 25.3 Å². The van der Waals surface area contributed by atoms with Gasteiger partial charge in [-0.1, -0.05) is 6.07 Å². The lowest BCUT2D eigenvalue weighted by Gasteiger charge is -2.31. The first-order valence-electron chi connectivity index (χ1n) is 8.33. The normalized spacial score (nSPS) is 15.6. The van der Waals surface area contributed by atoms with Gasteiger partial charge in [0.1, 0.15) is 5.82 Å². The summed E-state index contributed by atoms with van der Waals surface area (Å²) in [6.07, 6.45) is 11.5. The van der Waals surface area contributed by atoms with Gasteiger partial charge in [0.15, 0.2) is 0 Å². The summed E-state index contributed by atoms with van der Waals surface area (Å²) >= 11 is 0. The number of anilines is 1. The first kappa shape index (κ1) is 14.8. The van der Waals surface area contributed by atoms with E-state index in [0.717, 1.165) is 49.9 Å². The average molecular weight is 320 g/mol. The molecule has 1 fully saturated rings. The van der Waals surface area contributed by atoms with Gasteiger partial charge in [-0.2, -0.15) is 0 Å². The van der Waals surface area contributed by atoms with Crippen LogP contribution in [0.3, 0.4) is 0 Å². The Hall–Kier alpha value is -2.76. The maximum Gasteiger partial charge on any atom is 0.225 e. The third-order valence-corrected chi connectivity index (χ3v) is 4.50. The minimum absolute atomic E-state index is 0.476. The minimum atomic E-state index is 0.476. The molecular weight excluding hydrogens is 300 g/mol. The summed E-state index contributed by atoms with van der Waals surface area (Å²) in [6.45, 7) is 2.70. The molecule has 1 aliphatic rings. The van der Waals surface area contributed by atoms with E-state index in [2.05, 4.69) is 41.7 Å². The van der Waals surface area contributed by atoms with Crippen molar-refractivity contribution in [1.29, 1.82) is 0 Å². The van der Waals surface area contributed by atoms with E-state index in [1.807, 2.05) is 30.6 Å². The van der Waals surface area contributed by atoms with Crippen molar-refractivity contribution < 1.29 is 0 Å². The Morgan fingerprint density at radius 2 is 1.67 bits per heavy atom. The quantitative estimate of drug-likeness (QED) is 0.739. The van der Waals surface area contributed by atoms with Gasteiger partial charge in [-0.15, -0.1) is 0 Å². The molecule has 0 N–H and O–H groups in total. The SMILES string of the molecule is c1ccc(Cn2ccnc2C2CCN(c3ncccn3)CC2)nc1. The van der Waals surface area contributed by atoms with E-state index >= 15 is 0 Å². The molecule has 6 heteroatoms. The second kappa shape index (κ2) is 6.78. The molecule has 24 heavy (non-hydrogen) atoms. The molecule has 6 nitrogen and oxygen atoms in total. The molecule has 0 amide bonds. The molecular formula is C18H20N6. The van der Waals surface area contributed by atoms with Crippen LogP contribution in [0, 0.1) is 0 Å². The van der Waals surface area contributed by atoms with Gasteiger partial charge in [0.25, 0.3) is 0 Å². The van der Waals surface area contributed by atoms with Crippen molar-refractivity contribution in [2.75, 3.05) is 18.0 Å². The molecule has 0 unspecified atom stereocenters. The second-order valence-corrected chi connectivity index (χ2v) is 6.04. The largest absolute Gasteiger partial charge is 0.341 e. The van der Waals surface area contributed by atoms with Crippen LogP contribution in [0.4, 0.5) is 5.95 Å². The molecule has 1 saturated heterocycles. The number of hydrogen-bond donors (Lipinski definition) is 0. The van der Waals surface area contributed by atoms with E-state index in [0.29, 0.717) is 5.92 Å². The van der Waals surface area contributed by atoms with Gasteiger partial charge in [0.05, 0.1) is 12.2 Å². The Morgan fingerprint density at radius 1 is 0.875 bits per heavy atom. The van der Waals surface area contributed by atoms with E-state index in [4.69, 9.17) is 0 Å². The zero-order valence-electron chi connectivity index (χ0n) is 13.5. The predicted octanol–water partition coefficient (Wildman–Crippen LogP) is 2.50. The molecule has 4 rings (SSSR count). The number of hydrogen-bond acceptors (Lipinski definition) is 5. The summed E-state index contributed by atoms with van der Waals surface area (Å²) in [5.41, 5.74) is 1.06. The maximum atomic E-state index is 4.62. The molecule has 0 aliphatic carbocycles. The number of imidazole rings is 1. The first-order valence-corrected chi connectivity index (χ1v) is 8.33. The number of nitrogens with zero attached hydrogens (tertiary/aromatic N) is 6. The molecule has 0 saturated carbocycles. The van der Waals surface area contributed by atoms with Crippen molar-refractivity contribution in [1.82, 2.24) is 24.5 Å². The van der Waals surface area contributed by atoms with Crippen LogP contribution in [-0.2, 0) is 6.54 Å². The highest BCUT2D eigenvalue weighted by molar-refractivity contribution is 5.29. The molecule has 3 aromatic heterocycles. The highest BCUT2D eigenvalue weighted by Crippen LogP contribution is 2.28. The minimum Gasteiger partial charge on any atom is -0.341 e.